The van der Waals surface area contributed by atoms with Gasteiger partial charge in [0.1, 0.15) is 10.6 Å². The molecule has 2 aromatic rings. The van der Waals surface area contributed by atoms with Crippen LogP contribution in [0.4, 0.5) is 24.9 Å². The van der Waals surface area contributed by atoms with Gasteiger partial charge in [-0.15, -0.1) is 0 Å². The minimum Gasteiger partial charge on any atom is -0.384 e. The van der Waals surface area contributed by atoms with E-state index in [-0.39, 0.29) is 28.7 Å². The van der Waals surface area contributed by atoms with E-state index < -0.39 is 31.6 Å². The van der Waals surface area contributed by atoms with E-state index in [4.69, 9.17) is 10.5 Å². The maximum Gasteiger partial charge on any atom is 0.417 e. The number of nitrogens with two attached hydrogens (primary N) is 1. The molecule has 3 rings (SSSR count). The van der Waals surface area contributed by atoms with Gasteiger partial charge < -0.3 is 15.4 Å². The zero-order valence-electron chi connectivity index (χ0n) is 18.3. The molecule has 3 heterocycles. The summed E-state index contributed by atoms with van der Waals surface area (Å²) in [5.41, 5.74) is 4.20. The molecule has 12 heteroatoms. The summed E-state index contributed by atoms with van der Waals surface area (Å²) in [6.45, 7) is 7.72. The first-order valence-corrected chi connectivity index (χ1v) is 11.6. The lowest BCUT2D eigenvalue weighted by molar-refractivity contribution is -0.137. The molecule has 2 aromatic heterocycles. The molecule has 1 aliphatic heterocycles. The van der Waals surface area contributed by atoms with Gasteiger partial charge in [-0.1, -0.05) is 0 Å². The fourth-order valence-corrected chi connectivity index (χ4v) is 5.01. The van der Waals surface area contributed by atoms with E-state index in [0.717, 1.165) is 12.3 Å². The fraction of sp³-hybridized carbons (Fsp3) is 0.550. The van der Waals surface area contributed by atoms with Crippen molar-refractivity contribution in [3.05, 3.63) is 29.6 Å². The van der Waals surface area contributed by atoms with E-state index in [9.17, 15) is 21.6 Å². The second-order valence-electron chi connectivity index (χ2n) is 8.29. The van der Waals surface area contributed by atoms with E-state index in [2.05, 4.69) is 15.0 Å². The molecule has 0 spiro atoms. The standard InChI is InChI=1S/C20H26F3N5O3S/c1-12(2)32(29,30)19(3,4)16-10-15(26-18(27-16)28-5-7-31-8-6-28)13-11-25-17(24)9-14(13)20(21,22)23/h9-12H,5-8H2,1-4H3,(H2,24,25). The third-order valence-electron chi connectivity index (χ3n) is 5.46. The maximum atomic E-state index is 13.7. The molecule has 1 fully saturated rings. The lowest BCUT2D eigenvalue weighted by atomic mass is 10.0. The molecule has 0 bridgehead atoms. The molecule has 0 radical (unpaired) electrons. The van der Waals surface area contributed by atoms with E-state index in [1.54, 1.807) is 18.7 Å². The molecule has 0 atom stereocenters. The summed E-state index contributed by atoms with van der Waals surface area (Å²) in [6.07, 6.45) is -3.71. The maximum absolute atomic E-state index is 13.7. The number of nitrogens with zero attached hydrogens (tertiary/aromatic N) is 4. The summed E-state index contributed by atoms with van der Waals surface area (Å²) in [5, 5.41) is -0.716. The quantitative estimate of drug-likeness (QED) is 0.705. The van der Waals surface area contributed by atoms with Crippen molar-refractivity contribution in [1.82, 2.24) is 15.0 Å². The minimum absolute atomic E-state index is 0.0802. The lowest BCUT2D eigenvalue weighted by Crippen LogP contribution is -2.39. The van der Waals surface area contributed by atoms with Crippen molar-refractivity contribution < 1.29 is 26.3 Å². The Morgan fingerprint density at radius 1 is 1.12 bits per heavy atom. The number of hydrogen-bond acceptors (Lipinski definition) is 8. The number of anilines is 2. The van der Waals surface area contributed by atoms with Gasteiger partial charge in [0.05, 0.1) is 35.4 Å². The normalized spacial score (nSPS) is 15.9. The van der Waals surface area contributed by atoms with Gasteiger partial charge in [0.25, 0.3) is 0 Å². The van der Waals surface area contributed by atoms with Crippen molar-refractivity contribution in [2.24, 2.45) is 0 Å². The van der Waals surface area contributed by atoms with Gasteiger partial charge in [-0.05, 0) is 39.8 Å². The highest BCUT2D eigenvalue weighted by Crippen LogP contribution is 2.39. The SMILES string of the molecule is CC(C)S(=O)(=O)C(C)(C)c1cc(-c2cnc(N)cc2C(F)(F)F)nc(N2CCOCC2)n1. The van der Waals surface area contributed by atoms with Crippen molar-refractivity contribution in [2.75, 3.05) is 36.9 Å². The van der Waals surface area contributed by atoms with E-state index in [1.165, 1.54) is 19.9 Å². The molecule has 1 saturated heterocycles. The van der Waals surface area contributed by atoms with Gasteiger partial charge in [0, 0.05) is 24.8 Å². The van der Waals surface area contributed by atoms with E-state index >= 15 is 0 Å². The third kappa shape index (κ3) is 4.51. The fourth-order valence-electron chi connectivity index (χ4n) is 3.43. The van der Waals surface area contributed by atoms with E-state index in [1.807, 2.05) is 0 Å². The molecule has 0 aliphatic carbocycles. The Morgan fingerprint density at radius 2 is 1.75 bits per heavy atom. The van der Waals surface area contributed by atoms with Crippen molar-refractivity contribution in [3.63, 3.8) is 0 Å². The van der Waals surface area contributed by atoms with Crippen LogP contribution in [0.1, 0.15) is 39.0 Å². The van der Waals surface area contributed by atoms with Gasteiger partial charge in [-0.25, -0.2) is 23.4 Å². The van der Waals surface area contributed by atoms with E-state index in [0.29, 0.717) is 26.3 Å². The highest BCUT2D eigenvalue weighted by atomic mass is 32.2. The smallest absolute Gasteiger partial charge is 0.384 e. The number of aromatic nitrogens is 3. The van der Waals surface area contributed by atoms with Crippen LogP contribution in [0.3, 0.4) is 0 Å². The molecule has 2 N–H and O–H groups in total. The number of alkyl halides is 3. The van der Waals surface area contributed by atoms with Gasteiger partial charge in [0.2, 0.25) is 5.95 Å². The first-order chi connectivity index (χ1) is 14.7. The molecule has 176 valence electrons. The van der Waals surface area contributed by atoms with Gasteiger partial charge in [-0.2, -0.15) is 13.2 Å². The molecule has 0 aromatic carbocycles. The zero-order chi connectivity index (χ0) is 23.9. The summed E-state index contributed by atoms with van der Waals surface area (Å²) < 4.78 is 71.2. The van der Waals surface area contributed by atoms with Crippen LogP contribution in [0, 0.1) is 0 Å². The van der Waals surface area contributed by atoms with Crippen molar-refractivity contribution in [1.29, 1.82) is 0 Å². The number of morpholine rings is 1. The molecule has 32 heavy (non-hydrogen) atoms. The minimum atomic E-state index is -4.71. The Morgan fingerprint density at radius 3 is 2.31 bits per heavy atom. The van der Waals surface area contributed by atoms with Crippen LogP contribution in [0.5, 0.6) is 0 Å². The van der Waals surface area contributed by atoms with Gasteiger partial charge in [0.15, 0.2) is 9.84 Å². The summed E-state index contributed by atoms with van der Waals surface area (Å²) in [5.74, 6) is -0.149. The number of hydrogen-bond donors (Lipinski definition) is 1. The van der Waals surface area contributed by atoms with Crippen LogP contribution >= 0.6 is 0 Å². The number of halogens is 3. The van der Waals surface area contributed by atoms with Crippen LogP contribution in [-0.4, -0.2) is 54.9 Å². The first kappa shape index (κ1) is 24.2. The summed E-state index contributed by atoms with van der Waals surface area (Å²) in [7, 11) is -3.71. The summed E-state index contributed by atoms with van der Waals surface area (Å²) in [4.78, 5) is 14.4. The average Bonchev–Trinajstić information content (AvgIpc) is 2.73. The Labute approximate surface area is 184 Å². The zero-order valence-corrected chi connectivity index (χ0v) is 19.1. The second kappa shape index (κ2) is 8.47. The van der Waals surface area contributed by atoms with Crippen LogP contribution in [-0.2, 0) is 25.5 Å². The van der Waals surface area contributed by atoms with Crippen LogP contribution < -0.4 is 10.6 Å². The molecular weight excluding hydrogens is 447 g/mol. The predicted molar refractivity (Wildman–Crippen MR) is 115 cm³/mol. The molecule has 0 amide bonds. The third-order valence-corrected chi connectivity index (χ3v) is 8.34. The predicted octanol–water partition coefficient (Wildman–Crippen LogP) is 3.03. The summed E-state index contributed by atoms with van der Waals surface area (Å²) >= 11 is 0. The van der Waals surface area contributed by atoms with Crippen molar-refractivity contribution in [2.45, 2.75) is 43.9 Å². The van der Waals surface area contributed by atoms with Gasteiger partial charge in [-0.3, -0.25) is 0 Å². The Bertz CT molecular complexity index is 1100. The molecule has 0 saturated carbocycles. The van der Waals surface area contributed by atoms with Crippen molar-refractivity contribution >= 4 is 21.6 Å². The van der Waals surface area contributed by atoms with Crippen molar-refractivity contribution in [3.8, 4) is 11.3 Å². The largest absolute Gasteiger partial charge is 0.417 e. The number of nitrogen functional groups attached to an aromatic ring is 1. The molecule has 1 aliphatic rings. The molecule has 0 unspecified atom stereocenters. The highest BCUT2D eigenvalue weighted by Gasteiger charge is 2.41. The van der Waals surface area contributed by atoms with Gasteiger partial charge >= 0.3 is 6.18 Å². The lowest BCUT2D eigenvalue weighted by Gasteiger charge is -2.31. The average molecular weight is 474 g/mol. The Balaban J connectivity index is 2.28. The number of ether oxygens (including phenoxy) is 1. The highest BCUT2D eigenvalue weighted by molar-refractivity contribution is 7.92. The monoisotopic (exact) mass is 473 g/mol. The summed E-state index contributed by atoms with van der Waals surface area (Å²) in [6, 6.07) is 2.02. The first-order valence-electron chi connectivity index (χ1n) is 10.0. The Kier molecular flexibility index (Phi) is 6.40. The van der Waals surface area contributed by atoms with Crippen LogP contribution in [0.2, 0.25) is 0 Å². The molecule has 8 nitrogen and oxygen atoms in total. The second-order valence-corrected chi connectivity index (χ2v) is 11.3. The van der Waals surface area contributed by atoms with Crippen LogP contribution in [0.15, 0.2) is 18.3 Å². The van der Waals surface area contributed by atoms with Crippen LogP contribution in [0.25, 0.3) is 11.3 Å². The number of rotatable bonds is 5. The number of sulfone groups is 1. The topological polar surface area (TPSA) is 111 Å². The molecular formula is C20H26F3N5O3S. The Hall–Kier alpha value is -2.47. The number of pyridine rings is 1.